The van der Waals surface area contributed by atoms with Gasteiger partial charge in [-0.2, -0.15) is 0 Å². The minimum atomic E-state index is -0.00101. The van der Waals surface area contributed by atoms with E-state index in [9.17, 15) is 0 Å². The second-order valence-corrected chi connectivity index (χ2v) is 4.32. The molecule has 1 aromatic carbocycles. The van der Waals surface area contributed by atoms with Crippen molar-refractivity contribution in [3.8, 4) is 0 Å². The fourth-order valence-corrected chi connectivity index (χ4v) is 2.05. The van der Waals surface area contributed by atoms with Gasteiger partial charge in [-0.3, -0.25) is 0 Å². The molecule has 1 saturated heterocycles. The van der Waals surface area contributed by atoms with E-state index in [-0.39, 0.29) is 6.29 Å². The normalized spacial score (nSPS) is 25.6. The molecule has 0 bridgehead atoms. The lowest BCUT2D eigenvalue weighted by molar-refractivity contribution is -0.199. The molecule has 88 valence electrons. The van der Waals surface area contributed by atoms with Crippen molar-refractivity contribution in [2.24, 2.45) is 0 Å². The highest BCUT2D eigenvalue weighted by Gasteiger charge is 2.21. The van der Waals surface area contributed by atoms with E-state index in [0.29, 0.717) is 12.7 Å². The van der Waals surface area contributed by atoms with Gasteiger partial charge in [0.1, 0.15) is 0 Å². The average molecular weight is 220 g/mol. The maximum absolute atomic E-state index is 5.84. The van der Waals surface area contributed by atoms with E-state index in [2.05, 4.69) is 19.1 Å². The summed E-state index contributed by atoms with van der Waals surface area (Å²) in [6.07, 6.45) is 4.92. The number of ether oxygens (including phenoxy) is 2. The Morgan fingerprint density at radius 3 is 2.81 bits per heavy atom. The lowest BCUT2D eigenvalue weighted by Crippen LogP contribution is -2.29. The molecule has 2 atom stereocenters. The molecule has 2 rings (SSSR count). The molecule has 2 heteroatoms. The van der Waals surface area contributed by atoms with Gasteiger partial charge in [0, 0.05) is 0 Å². The van der Waals surface area contributed by atoms with E-state index in [0.717, 1.165) is 12.8 Å². The van der Waals surface area contributed by atoms with Crippen LogP contribution in [0.5, 0.6) is 0 Å². The first kappa shape index (κ1) is 11.6. The zero-order chi connectivity index (χ0) is 11.2. The first-order chi connectivity index (χ1) is 7.88. The van der Waals surface area contributed by atoms with Gasteiger partial charge in [0.05, 0.1) is 12.7 Å². The van der Waals surface area contributed by atoms with Gasteiger partial charge in [0.2, 0.25) is 0 Å². The van der Waals surface area contributed by atoms with Crippen LogP contribution in [0.25, 0.3) is 0 Å². The highest BCUT2D eigenvalue weighted by Crippen LogP contribution is 2.22. The Bertz CT molecular complexity index is 297. The summed E-state index contributed by atoms with van der Waals surface area (Å²) in [5.41, 5.74) is 1.21. The Morgan fingerprint density at radius 1 is 1.25 bits per heavy atom. The molecule has 0 radical (unpaired) electrons. The molecule has 0 spiro atoms. The number of hydrogen-bond donors (Lipinski definition) is 0. The molecule has 0 aliphatic carbocycles. The SMILES string of the molecule is CCC1CCCC(OCc2ccccc2)O1. The molecule has 0 N–H and O–H groups in total. The predicted octanol–water partition coefficient (Wildman–Crippen LogP) is 3.51. The fraction of sp³-hybridized carbons (Fsp3) is 0.571. The Balaban J connectivity index is 1.77. The second-order valence-electron chi connectivity index (χ2n) is 4.32. The Hall–Kier alpha value is -0.860. The molecule has 1 aliphatic rings. The largest absolute Gasteiger partial charge is 0.349 e. The average Bonchev–Trinajstić information content (AvgIpc) is 2.38. The molecule has 0 aromatic heterocycles. The molecule has 2 unspecified atom stereocenters. The third kappa shape index (κ3) is 3.32. The van der Waals surface area contributed by atoms with Crippen LogP contribution >= 0.6 is 0 Å². The Kier molecular flexibility index (Phi) is 4.37. The van der Waals surface area contributed by atoms with E-state index in [1.807, 2.05) is 18.2 Å². The summed E-state index contributed by atoms with van der Waals surface area (Å²) in [5.74, 6) is 0. The van der Waals surface area contributed by atoms with E-state index in [1.165, 1.54) is 18.4 Å². The molecule has 0 amide bonds. The molecule has 1 aromatic rings. The van der Waals surface area contributed by atoms with Gasteiger partial charge in [-0.05, 0) is 31.2 Å². The van der Waals surface area contributed by atoms with Crippen LogP contribution < -0.4 is 0 Å². The summed E-state index contributed by atoms with van der Waals surface area (Å²) >= 11 is 0. The van der Waals surface area contributed by atoms with Gasteiger partial charge in [-0.15, -0.1) is 0 Å². The maximum Gasteiger partial charge on any atom is 0.158 e. The van der Waals surface area contributed by atoms with E-state index < -0.39 is 0 Å². The summed E-state index contributed by atoms with van der Waals surface area (Å²) in [5, 5.41) is 0. The van der Waals surface area contributed by atoms with Crippen molar-refractivity contribution in [2.75, 3.05) is 0 Å². The summed E-state index contributed by atoms with van der Waals surface area (Å²) in [6, 6.07) is 10.3. The first-order valence-corrected chi connectivity index (χ1v) is 6.19. The van der Waals surface area contributed by atoms with Crippen LogP contribution in [0.3, 0.4) is 0 Å². The van der Waals surface area contributed by atoms with E-state index in [4.69, 9.17) is 9.47 Å². The van der Waals surface area contributed by atoms with Crippen molar-refractivity contribution in [1.29, 1.82) is 0 Å². The van der Waals surface area contributed by atoms with Crippen LogP contribution in [0, 0.1) is 0 Å². The van der Waals surface area contributed by atoms with Gasteiger partial charge >= 0.3 is 0 Å². The maximum atomic E-state index is 5.84. The Labute approximate surface area is 97.6 Å². The highest BCUT2D eigenvalue weighted by molar-refractivity contribution is 5.13. The van der Waals surface area contributed by atoms with Crippen molar-refractivity contribution in [1.82, 2.24) is 0 Å². The minimum Gasteiger partial charge on any atom is -0.349 e. The zero-order valence-corrected chi connectivity index (χ0v) is 9.89. The van der Waals surface area contributed by atoms with Crippen LogP contribution in [0.15, 0.2) is 30.3 Å². The van der Waals surface area contributed by atoms with Crippen molar-refractivity contribution >= 4 is 0 Å². The molecule has 1 aliphatic heterocycles. The lowest BCUT2D eigenvalue weighted by Gasteiger charge is -2.29. The first-order valence-electron chi connectivity index (χ1n) is 6.19. The van der Waals surface area contributed by atoms with Crippen LogP contribution in [0.2, 0.25) is 0 Å². The molecular formula is C14H20O2. The number of hydrogen-bond acceptors (Lipinski definition) is 2. The van der Waals surface area contributed by atoms with Crippen LogP contribution in [0.1, 0.15) is 38.2 Å². The minimum absolute atomic E-state index is 0.00101. The Morgan fingerprint density at radius 2 is 2.06 bits per heavy atom. The smallest absolute Gasteiger partial charge is 0.158 e. The number of rotatable bonds is 4. The van der Waals surface area contributed by atoms with Gasteiger partial charge in [0.15, 0.2) is 6.29 Å². The van der Waals surface area contributed by atoms with Crippen LogP contribution in [-0.2, 0) is 16.1 Å². The molecule has 0 saturated carbocycles. The van der Waals surface area contributed by atoms with Gasteiger partial charge in [0.25, 0.3) is 0 Å². The lowest BCUT2D eigenvalue weighted by atomic mass is 10.1. The summed E-state index contributed by atoms with van der Waals surface area (Å²) < 4.78 is 11.6. The third-order valence-electron chi connectivity index (χ3n) is 3.04. The van der Waals surface area contributed by atoms with E-state index >= 15 is 0 Å². The predicted molar refractivity (Wildman–Crippen MR) is 64.0 cm³/mol. The number of benzene rings is 1. The van der Waals surface area contributed by atoms with Gasteiger partial charge in [-0.1, -0.05) is 37.3 Å². The molecule has 16 heavy (non-hydrogen) atoms. The van der Waals surface area contributed by atoms with Gasteiger partial charge < -0.3 is 9.47 Å². The van der Waals surface area contributed by atoms with Crippen molar-refractivity contribution in [3.05, 3.63) is 35.9 Å². The third-order valence-corrected chi connectivity index (χ3v) is 3.04. The van der Waals surface area contributed by atoms with Crippen molar-refractivity contribution in [2.45, 2.75) is 51.6 Å². The summed E-state index contributed by atoms with van der Waals surface area (Å²) in [4.78, 5) is 0. The molecule has 1 heterocycles. The van der Waals surface area contributed by atoms with Crippen LogP contribution in [-0.4, -0.2) is 12.4 Å². The molecule has 2 nitrogen and oxygen atoms in total. The zero-order valence-electron chi connectivity index (χ0n) is 9.89. The van der Waals surface area contributed by atoms with E-state index in [1.54, 1.807) is 0 Å². The second kappa shape index (κ2) is 6.02. The standard InChI is InChI=1S/C14H20O2/c1-2-13-9-6-10-14(16-13)15-11-12-7-4-3-5-8-12/h3-5,7-8,13-14H,2,6,9-11H2,1H3. The monoisotopic (exact) mass is 220 g/mol. The highest BCUT2D eigenvalue weighted by atomic mass is 16.7. The molecular weight excluding hydrogens is 200 g/mol. The summed E-state index contributed by atoms with van der Waals surface area (Å²) in [6.45, 7) is 2.83. The van der Waals surface area contributed by atoms with Crippen LogP contribution in [0.4, 0.5) is 0 Å². The van der Waals surface area contributed by atoms with Crippen molar-refractivity contribution in [3.63, 3.8) is 0 Å². The van der Waals surface area contributed by atoms with Crippen molar-refractivity contribution < 1.29 is 9.47 Å². The quantitative estimate of drug-likeness (QED) is 0.773. The van der Waals surface area contributed by atoms with Gasteiger partial charge in [-0.25, -0.2) is 0 Å². The fourth-order valence-electron chi connectivity index (χ4n) is 2.05. The molecule has 1 fully saturated rings. The topological polar surface area (TPSA) is 18.5 Å². The summed E-state index contributed by atoms with van der Waals surface area (Å²) in [7, 11) is 0.